The van der Waals surface area contributed by atoms with Gasteiger partial charge in [-0.25, -0.2) is 14.8 Å². The molecule has 34 heavy (non-hydrogen) atoms. The summed E-state index contributed by atoms with van der Waals surface area (Å²) in [4.78, 5) is 39.2. The van der Waals surface area contributed by atoms with E-state index < -0.39 is 12.1 Å². The van der Waals surface area contributed by atoms with Crippen LogP contribution in [0.4, 0.5) is 10.5 Å². The first-order chi connectivity index (χ1) is 16.5. The summed E-state index contributed by atoms with van der Waals surface area (Å²) < 4.78 is 0.777. The SMILES string of the molecule is O=C(O)N[C@H]1CCc2cccc3c2N(C1=O)[C@H](c1nc2ccc(-c4ccc(Br)nc4)cc2[nH]1)C3. The van der Waals surface area contributed by atoms with Crippen LogP contribution in [0.5, 0.6) is 0 Å². The number of aryl methyl sites for hydroxylation is 1. The van der Waals surface area contributed by atoms with Gasteiger partial charge in [0, 0.05) is 18.2 Å². The van der Waals surface area contributed by atoms with Gasteiger partial charge in [0.25, 0.3) is 0 Å². The number of rotatable bonds is 3. The highest BCUT2D eigenvalue weighted by molar-refractivity contribution is 9.10. The molecule has 0 saturated carbocycles. The second-order valence-corrected chi connectivity index (χ2v) is 9.43. The van der Waals surface area contributed by atoms with Gasteiger partial charge < -0.3 is 15.4 Å². The lowest BCUT2D eigenvalue weighted by Crippen LogP contribution is -2.48. The third-order valence-corrected chi connectivity index (χ3v) is 7.05. The van der Waals surface area contributed by atoms with Crippen molar-refractivity contribution in [2.45, 2.75) is 31.3 Å². The van der Waals surface area contributed by atoms with Gasteiger partial charge in [-0.3, -0.25) is 9.69 Å². The summed E-state index contributed by atoms with van der Waals surface area (Å²) in [5, 5.41) is 11.7. The zero-order valence-electron chi connectivity index (χ0n) is 18.0. The Morgan fingerprint density at radius 3 is 2.76 bits per heavy atom. The third kappa shape index (κ3) is 3.43. The van der Waals surface area contributed by atoms with E-state index >= 15 is 0 Å². The standard InChI is InChI=1S/C25H20BrN5O3/c26-21-9-6-16(12-27-21)14-5-7-17-19(10-14)29-23(28-17)20-11-15-3-1-2-13-4-8-18(30-25(33)34)24(32)31(20)22(13)15/h1-3,5-7,9-10,12,18,20,30H,4,8,11H2,(H,28,29)(H,33,34)/t18-,20-/m0/s1. The number of aromatic amines is 1. The van der Waals surface area contributed by atoms with Gasteiger partial charge in [0.2, 0.25) is 5.91 Å². The molecule has 4 aromatic rings. The molecular weight excluding hydrogens is 498 g/mol. The summed E-state index contributed by atoms with van der Waals surface area (Å²) in [6.07, 6.45) is 2.30. The fourth-order valence-electron chi connectivity index (χ4n) is 5.05. The fourth-order valence-corrected chi connectivity index (χ4v) is 5.28. The van der Waals surface area contributed by atoms with E-state index in [2.05, 4.69) is 31.2 Å². The summed E-state index contributed by atoms with van der Waals surface area (Å²) in [5.74, 6) is 0.450. The molecule has 2 aromatic carbocycles. The summed E-state index contributed by atoms with van der Waals surface area (Å²) in [6.45, 7) is 0. The molecule has 8 nitrogen and oxygen atoms in total. The first kappa shape index (κ1) is 20.9. The molecule has 170 valence electrons. The topological polar surface area (TPSA) is 111 Å². The fraction of sp³-hybridized carbons (Fsp3) is 0.200. The predicted molar refractivity (Wildman–Crippen MR) is 131 cm³/mol. The number of hydrogen-bond acceptors (Lipinski definition) is 4. The molecule has 0 bridgehead atoms. The Labute approximate surface area is 203 Å². The maximum atomic E-state index is 13.5. The van der Waals surface area contributed by atoms with Crippen molar-refractivity contribution in [1.29, 1.82) is 0 Å². The molecule has 0 unspecified atom stereocenters. The van der Waals surface area contributed by atoms with Gasteiger partial charge in [-0.2, -0.15) is 0 Å². The quantitative estimate of drug-likeness (QED) is 0.344. The van der Waals surface area contributed by atoms with Crippen LogP contribution in [0, 0.1) is 0 Å². The second-order valence-electron chi connectivity index (χ2n) is 8.62. The Morgan fingerprint density at radius 2 is 1.97 bits per heavy atom. The number of pyridine rings is 1. The predicted octanol–water partition coefficient (Wildman–Crippen LogP) is 4.60. The number of nitrogens with zero attached hydrogens (tertiary/aromatic N) is 3. The van der Waals surface area contributed by atoms with Crippen LogP contribution in [-0.4, -0.2) is 38.1 Å². The molecule has 0 saturated heterocycles. The lowest BCUT2D eigenvalue weighted by molar-refractivity contribution is -0.120. The number of carbonyl (C=O) groups is 2. The average molecular weight is 518 g/mol. The molecule has 3 N–H and O–H groups in total. The average Bonchev–Trinajstić information content (AvgIpc) is 3.39. The van der Waals surface area contributed by atoms with E-state index in [0.717, 1.165) is 43.6 Å². The molecule has 0 aliphatic carbocycles. The van der Waals surface area contributed by atoms with Gasteiger partial charge in [0.15, 0.2) is 0 Å². The number of anilines is 1. The summed E-state index contributed by atoms with van der Waals surface area (Å²) >= 11 is 3.36. The minimum atomic E-state index is -1.20. The van der Waals surface area contributed by atoms with Crippen LogP contribution in [0.25, 0.3) is 22.2 Å². The van der Waals surface area contributed by atoms with E-state index in [0.29, 0.717) is 25.1 Å². The zero-order valence-corrected chi connectivity index (χ0v) is 19.5. The van der Waals surface area contributed by atoms with E-state index in [1.54, 1.807) is 4.90 Å². The Bertz CT molecular complexity index is 1450. The number of carbonyl (C=O) groups excluding carboxylic acids is 1. The molecule has 2 atom stereocenters. The van der Waals surface area contributed by atoms with Crippen LogP contribution >= 0.6 is 15.9 Å². The van der Waals surface area contributed by atoms with E-state index in [1.165, 1.54) is 0 Å². The van der Waals surface area contributed by atoms with Gasteiger partial charge in [0.1, 0.15) is 16.5 Å². The van der Waals surface area contributed by atoms with E-state index in [-0.39, 0.29) is 11.9 Å². The molecule has 0 fully saturated rings. The zero-order chi connectivity index (χ0) is 23.4. The van der Waals surface area contributed by atoms with Crippen LogP contribution in [0.1, 0.15) is 29.4 Å². The molecule has 2 aromatic heterocycles. The van der Waals surface area contributed by atoms with Crippen LogP contribution in [0.3, 0.4) is 0 Å². The van der Waals surface area contributed by atoms with Crippen molar-refractivity contribution in [2.24, 2.45) is 0 Å². The minimum absolute atomic E-state index is 0.238. The molecule has 4 heterocycles. The molecule has 9 heteroatoms. The van der Waals surface area contributed by atoms with Crippen molar-refractivity contribution in [3.05, 3.63) is 76.3 Å². The van der Waals surface area contributed by atoms with Crippen molar-refractivity contribution >= 4 is 44.7 Å². The Morgan fingerprint density at radius 1 is 1.15 bits per heavy atom. The summed E-state index contributed by atoms with van der Waals surface area (Å²) in [7, 11) is 0. The minimum Gasteiger partial charge on any atom is -0.465 e. The normalized spacial score (nSPS) is 19.2. The maximum Gasteiger partial charge on any atom is 0.405 e. The molecule has 6 rings (SSSR count). The number of para-hydroxylation sites is 1. The van der Waals surface area contributed by atoms with Crippen molar-refractivity contribution < 1.29 is 14.7 Å². The number of carboxylic acid groups (broad SMARTS) is 1. The Balaban J connectivity index is 1.41. The lowest BCUT2D eigenvalue weighted by atomic mass is 10.0. The molecule has 0 radical (unpaired) electrons. The highest BCUT2D eigenvalue weighted by Crippen LogP contribution is 2.44. The number of nitrogens with one attached hydrogen (secondary N) is 2. The monoisotopic (exact) mass is 517 g/mol. The number of fused-ring (bicyclic) bond motifs is 1. The Kier molecular flexibility index (Phi) is 4.88. The van der Waals surface area contributed by atoms with Gasteiger partial charge >= 0.3 is 6.09 Å². The summed E-state index contributed by atoms with van der Waals surface area (Å²) in [5.41, 5.74) is 6.71. The van der Waals surface area contributed by atoms with Crippen LogP contribution in [0.15, 0.2) is 59.3 Å². The summed E-state index contributed by atoms with van der Waals surface area (Å²) in [6, 6.07) is 14.8. The van der Waals surface area contributed by atoms with E-state index in [4.69, 9.17) is 4.98 Å². The third-order valence-electron chi connectivity index (χ3n) is 6.58. The smallest absolute Gasteiger partial charge is 0.405 e. The molecule has 0 spiro atoms. The molecule has 2 aliphatic heterocycles. The van der Waals surface area contributed by atoms with Gasteiger partial charge in [0.05, 0.1) is 22.8 Å². The van der Waals surface area contributed by atoms with Gasteiger partial charge in [-0.15, -0.1) is 0 Å². The molecule has 2 aliphatic rings. The first-order valence-corrected chi connectivity index (χ1v) is 11.8. The van der Waals surface area contributed by atoms with Crippen molar-refractivity contribution in [2.75, 3.05) is 4.90 Å². The van der Waals surface area contributed by atoms with Gasteiger partial charge in [-0.1, -0.05) is 30.3 Å². The van der Waals surface area contributed by atoms with Crippen molar-refractivity contribution in [3.63, 3.8) is 0 Å². The number of halogens is 1. The lowest BCUT2D eigenvalue weighted by Gasteiger charge is -2.27. The van der Waals surface area contributed by atoms with Crippen molar-refractivity contribution in [3.8, 4) is 11.1 Å². The van der Waals surface area contributed by atoms with E-state index in [9.17, 15) is 14.7 Å². The number of H-pyrrole nitrogens is 1. The number of aromatic nitrogens is 3. The number of benzene rings is 2. The van der Waals surface area contributed by atoms with E-state index in [1.807, 2.05) is 54.7 Å². The highest BCUT2D eigenvalue weighted by Gasteiger charge is 2.42. The van der Waals surface area contributed by atoms with Gasteiger partial charge in [-0.05, 0) is 63.7 Å². The highest BCUT2D eigenvalue weighted by atomic mass is 79.9. The molecular formula is C25H20BrN5O3. The number of hydrogen-bond donors (Lipinski definition) is 3. The molecule has 2 amide bonds. The van der Waals surface area contributed by atoms with Crippen LogP contribution in [0.2, 0.25) is 0 Å². The largest absolute Gasteiger partial charge is 0.465 e. The first-order valence-electron chi connectivity index (χ1n) is 11.0. The number of imidazole rings is 1. The Hall–Kier alpha value is -3.72. The van der Waals surface area contributed by atoms with Crippen LogP contribution in [-0.2, 0) is 17.6 Å². The maximum absolute atomic E-state index is 13.5. The van der Waals surface area contributed by atoms with Crippen LogP contribution < -0.4 is 10.2 Å². The number of amides is 2. The van der Waals surface area contributed by atoms with Crippen molar-refractivity contribution in [1.82, 2.24) is 20.3 Å². The second kappa shape index (κ2) is 7.95.